The largest absolute Gasteiger partial charge is 0.493 e. The lowest BCUT2D eigenvalue weighted by atomic mass is 9.65. The monoisotopic (exact) mass is 365 g/mol. The standard InChI is InChI=1S/C19H27NO6/c1-18(2)12(7-8-19(18,3)17(22)23)16(21)20-11-9-13(24-4)15(26-6)14(10-11)25-5/h9-10,12H,7-8H2,1-6H3,(H,20,21)(H,22,23). The van der Waals surface area contributed by atoms with Gasteiger partial charge in [-0.1, -0.05) is 13.8 Å². The molecule has 2 rings (SSSR count). The number of hydrogen-bond donors (Lipinski definition) is 2. The molecule has 0 aliphatic heterocycles. The zero-order valence-corrected chi connectivity index (χ0v) is 16.1. The summed E-state index contributed by atoms with van der Waals surface area (Å²) in [7, 11) is 4.51. The molecule has 0 spiro atoms. The van der Waals surface area contributed by atoms with Crippen molar-refractivity contribution in [2.24, 2.45) is 16.7 Å². The van der Waals surface area contributed by atoms with Gasteiger partial charge in [0.15, 0.2) is 11.5 Å². The number of benzene rings is 1. The minimum atomic E-state index is -0.940. The van der Waals surface area contributed by atoms with Crippen LogP contribution in [0.15, 0.2) is 12.1 Å². The molecule has 0 radical (unpaired) electrons. The van der Waals surface area contributed by atoms with Crippen molar-refractivity contribution >= 4 is 17.6 Å². The zero-order valence-electron chi connectivity index (χ0n) is 16.1. The first kappa shape index (κ1) is 19.9. The summed E-state index contributed by atoms with van der Waals surface area (Å²) in [6.45, 7) is 5.39. The molecule has 1 fully saturated rings. The molecule has 0 bridgehead atoms. The molecule has 0 saturated heterocycles. The van der Waals surface area contributed by atoms with E-state index in [1.54, 1.807) is 19.1 Å². The Balaban J connectivity index is 2.30. The van der Waals surface area contributed by atoms with Gasteiger partial charge < -0.3 is 24.6 Å². The summed E-state index contributed by atoms with van der Waals surface area (Å²) in [4.78, 5) is 24.6. The highest BCUT2D eigenvalue weighted by molar-refractivity contribution is 5.95. The average Bonchev–Trinajstić information content (AvgIpc) is 2.84. The van der Waals surface area contributed by atoms with E-state index >= 15 is 0 Å². The second kappa shape index (κ2) is 7.05. The van der Waals surface area contributed by atoms with E-state index in [1.165, 1.54) is 21.3 Å². The maximum atomic E-state index is 12.9. The lowest BCUT2D eigenvalue weighted by molar-refractivity contribution is -0.154. The predicted molar refractivity (Wildman–Crippen MR) is 97.0 cm³/mol. The van der Waals surface area contributed by atoms with Gasteiger partial charge in [0.1, 0.15) is 0 Å². The molecule has 2 unspecified atom stereocenters. The number of aliphatic carboxylic acids is 1. The van der Waals surface area contributed by atoms with Crippen LogP contribution in [-0.2, 0) is 9.59 Å². The third kappa shape index (κ3) is 3.06. The van der Waals surface area contributed by atoms with Crippen LogP contribution in [0.4, 0.5) is 5.69 Å². The van der Waals surface area contributed by atoms with Gasteiger partial charge >= 0.3 is 5.97 Å². The number of carboxylic acids is 1. The van der Waals surface area contributed by atoms with Crippen molar-refractivity contribution in [1.82, 2.24) is 0 Å². The summed E-state index contributed by atoms with van der Waals surface area (Å²) >= 11 is 0. The van der Waals surface area contributed by atoms with E-state index in [1.807, 2.05) is 13.8 Å². The first-order chi connectivity index (χ1) is 12.1. The molecule has 2 N–H and O–H groups in total. The Bertz CT molecular complexity index is 689. The highest BCUT2D eigenvalue weighted by Gasteiger charge is 2.58. The van der Waals surface area contributed by atoms with E-state index in [-0.39, 0.29) is 5.91 Å². The van der Waals surface area contributed by atoms with Crippen LogP contribution in [0, 0.1) is 16.7 Å². The zero-order chi connectivity index (χ0) is 19.7. The number of ether oxygens (including phenoxy) is 3. The van der Waals surface area contributed by atoms with Crippen LogP contribution in [-0.4, -0.2) is 38.3 Å². The molecule has 1 aromatic carbocycles. The number of carboxylic acid groups (broad SMARTS) is 1. The average molecular weight is 365 g/mol. The van der Waals surface area contributed by atoms with E-state index in [0.29, 0.717) is 35.8 Å². The number of methoxy groups -OCH3 is 3. The lowest BCUT2D eigenvalue weighted by Gasteiger charge is -2.37. The Kier molecular flexibility index (Phi) is 5.39. The van der Waals surface area contributed by atoms with E-state index in [0.717, 1.165) is 0 Å². The van der Waals surface area contributed by atoms with E-state index in [4.69, 9.17) is 14.2 Å². The van der Waals surface area contributed by atoms with Crippen LogP contribution < -0.4 is 19.5 Å². The van der Waals surface area contributed by atoms with E-state index < -0.39 is 22.7 Å². The summed E-state index contributed by atoms with van der Waals surface area (Å²) < 4.78 is 15.9. The molecular weight excluding hydrogens is 338 g/mol. The maximum Gasteiger partial charge on any atom is 0.309 e. The Morgan fingerprint density at radius 2 is 1.62 bits per heavy atom. The van der Waals surface area contributed by atoms with Crippen molar-refractivity contribution in [3.8, 4) is 17.2 Å². The highest BCUT2D eigenvalue weighted by Crippen LogP contribution is 2.56. The second-order valence-electron chi connectivity index (χ2n) is 7.35. The SMILES string of the molecule is COc1cc(NC(=O)C2CCC(C)(C(=O)O)C2(C)C)cc(OC)c1OC. The third-order valence-electron chi connectivity index (χ3n) is 5.95. The number of amides is 1. The lowest BCUT2D eigenvalue weighted by Crippen LogP contribution is -2.43. The molecule has 7 nitrogen and oxygen atoms in total. The van der Waals surface area contributed by atoms with Gasteiger partial charge in [0.05, 0.1) is 26.7 Å². The highest BCUT2D eigenvalue weighted by atomic mass is 16.5. The summed E-state index contributed by atoms with van der Waals surface area (Å²) in [5.74, 6) is -0.193. The van der Waals surface area contributed by atoms with E-state index in [9.17, 15) is 14.7 Å². The minimum Gasteiger partial charge on any atom is -0.493 e. The minimum absolute atomic E-state index is 0.214. The van der Waals surface area contributed by atoms with Crippen molar-refractivity contribution in [3.63, 3.8) is 0 Å². The van der Waals surface area contributed by atoms with Gasteiger partial charge in [-0.3, -0.25) is 9.59 Å². The van der Waals surface area contributed by atoms with Crippen LogP contribution >= 0.6 is 0 Å². The molecule has 0 aromatic heterocycles. The molecule has 1 saturated carbocycles. The molecule has 26 heavy (non-hydrogen) atoms. The summed E-state index contributed by atoms with van der Waals surface area (Å²) in [5, 5.41) is 12.5. The van der Waals surface area contributed by atoms with Crippen LogP contribution in [0.3, 0.4) is 0 Å². The fourth-order valence-electron chi connectivity index (χ4n) is 3.72. The van der Waals surface area contributed by atoms with Crippen LogP contribution in [0.25, 0.3) is 0 Å². The van der Waals surface area contributed by atoms with Crippen molar-refractivity contribution in [2.45, 2.75) is 33.6 Å². The number of anilines is 1. The maximum absolute atomic E-state index is 12.9. The Labute approximate surface area is 153 Å². The van der Waals surface area contributed by atoms with Crippen molar-refractivity contribution in [3.05, 3.63) is 12.1 Å². The fourth-order valence-corrected chi connectivity index (χ4v) is 3.72. The Hall–Kier alpha value is -2.44. The van der Waals surface area contributed by atoms with Gasteiger partial charge in [0, 0.05) is 23.7 Å². The summed E-state index contributed by atoms with van der Waals surface area (Å²) in [6.07, 6.45) is 0.981. The van der Waals surface area contributed by atoms with E-state index in [2.05, 4.69) is 5.32 Å². The van der Waals surface area contributed by atoms with Gasteiger partial charge in [-0.05, 0) is 25.2 Å². The van der Waals surface area contributed by atoms with Gasteiger partial charge in [-0.25, -0.2) is 0 Å². The van der Waals surface area contributed by atoms with Crippen molar-refractivity contribution in [1.29, 1.82) is 0 Å². The second-order valence-corrected chi connectivity index (χ2v) is 7.35. The van der Waals surface area contributed by atoms with Gasteiger partial charge in [-0.2, -0.15) is 0 Å². The molecule has 1 aromatic rings. The molecule has 1 aliphatic rings. The first-order valence-electron chi connectivity index (χ1n) is 8.46. The molecule has 1 amide bonds. The molecule has 0 heterocycles. The van der Waals surface area contributed by atoms with Crippen molar-refractivity contribution < 1.29 is 28.9 Å². The molecule has 7 heteroatoms. The van der Waals surface area contributed by atoms with Crippen LogP contribution in [0.2, 0.25) is 0 Å². The summed E-state index contributed by atoms with van der Waals surface area (Å²) in [6, 6.07) is 3.30. The first-order valence-corrected chi connectivity index (χ1v) is 8.46. The quantitative estimate of drug-likeness (QED) is 0.804. The third-order valence-corrected chi connectivity index (χ3v) is 5.95. The van der Waals surface area contributed by atoms with Gasteiger partial charge in [0.25, 0.3) is 0 Å². The normalized spacial score (nSPS) is 24.0. The molecule has 144 valence electrons. The molecule has 2 atom stereocenters. The number of rotatable bonds is 6. The smallest absolute Gasteiger partial charge is 0.309 e. The number of hydrogen-bond acceptors (Lipinski definition) is 5. The topological polar surface area (TPSA) is 94.1 Å². The van der Waals surface area contributed by atoms with Crippen molar-refractivity contribution in [2.75, 3.05) is 26.6 Å². The number of carbonyl (C=O) groups excluding carboxylic acids is 1. The number of carbonyl (C=O) groups is 2. The molecule has 1 aliphatic carbocycles. The Morgan fingerprint density at radius 1 is 1.08 bits per heavy atom. The van der Waals surface area contributed by atoms with Crippen LogP contribution in [0.1, 0.15) is 33.6 Å². The fraction of sp³-hybridized carbons (Fsp3) is 0.579. The van der Waals surface area contributed by atoms with Gasteiger partial charge in [-0.15, -0.1) is 0 Å². The number of nitrogens with one attached hydrogen (secondary N) is 1. The molecular formula is C19H27NO6. The Morgan fingerprint density at radius 3 is 2.00 bits per heavy atom. The summed E-state index contributed by atoms with van der Waals surface area (Å²) in [5.41, 5.74) is -1.11. The van der Waals surface area contributed by atoms with Crippen LogP contribution in [0.5, 0.6) is 17.2 Å². The predicted octanol–water partition coefficient (Wildman–Crippen LogP) is 3.18. The van der Waals surface area contributed by atoms with Gasteiger partial charge in [0.2, 0.25) is 11.7 Å².